The Balaban J connectivity index is 2.09. The minimum atomic E-state index is -0.451. The van der Waals surface area contributed by atoms with E-state index in [1.54, 1.807) is 13.2 Å². The summed E-state index contributed by atoms with van der Waals surface area (Å²) in [5.74, 6) is -0.326. The highest BCUT2D eigenvalue weighted by molar-refractivity contribution is 6.53. The first-order valence-electron chi connectivity index (χ1n) is 7.11. The van der Waals surface area contributed by atoms with E-state index in [9.17, 15) is 9.59 Å². The first-order valence-corrected chi connectivity index (χ1v) is 7.11. The van der Waals surface area contributed by atoms with Gasteiger partial charge in [0.1, 0.15) is 5.76 Å². The van der Waals surface area contributed by atoms with Crippen LogP contribution in [0.1, 0.15) is 50.2 Å². The van der Waals surface area contributed by atoms with Crippen molar-refractivity contribution in [3.05, 3.63) is 52.8 Å². The summed E-state index contributed by atoms with van der Waals surface area (Å²) in [6, 6.07) is 3.89. The van der Waals surface area contributed by atoms with Crippen LogP contribution in [0.15, 0.2) is 29.4 Å². The van der Waals surface area contributed by atoms with E-state index in [0.29, 0.717) is 16.9 Å². The molecular formula is C18H14O3. The van der Waals surface area contributed by atoms with Crippen LogP contribution < -0.4 is 0 Å². The van der Waals surface area contributed by atoms with Gasteiger partial charge in [0.05, 0.1) is 11.8 Å². The number of Topliss-reactive ketones (excluding diaryl/α,β-unsaturated/α-hetero) is 2. The molecule has 0 N–H and O–H groups in total. The topological polar surface area (TPSA) is 47.3 Å². The minimum absolute atomic E-state index is 0.409. The molecule has 2 aliphatic rings. The summed E-state index contributed by atoms with van der Waals surface area (Å²) in [6.07, 6.45) is 4.27. The number of fused-ring (bicyclic) bond motifs is 5. The third-order valence-corrected chi connectivity index (χ3v) is 4.48. The minimum Gasteiger partial charge on any atom is -0.463 e. The Labute approximate surface area is 122 Å². The third kappa shape index (κ3) is 1.49. The molecule has 1 heterocycles. The number of aryl methyl sites for hydroxylation is 1. The third-order valence-electron chi connectivity index (χ3n) is 4.48. The molecule has 0 spiro atoms. The highest BCUT2D eigenvalue weighted by atomic mass is 16.3. The van der Waals surface area contributed by atoms with Crippen LogP contribution in [0.3, 0.4) is 0 Å². The Morgan fingerprint density at radius 1 is 1.05 bits per heavy atom. The number of rotatable bonds is 0. The second kappa shape index (κ2) is 4.04. The fourth-order valence-electron chi connectivity index (χ4n) is 3.45. The van der Waals surface area contributed by atoms with Gasteiger partial charge in [-0.05, 0) is 54.5 Å². The molecule has 3 nitrogen and oxygen atoms in total. The van der Waals surface area contributed by atoms with Crippen LogP contribution in [0.25, 0.3) is 16.9 Å². The molecule has 0 saturated carbocycles. The summed E-state index contributed by atoms with van der Waals surface area (Å²) >= 11 is 0. The quantitative estimate of drug-likeness (QED) is 0.685. The van der Waals surface area contributed by atoms with Crippen LogP contribution in [0.5, 0.6) is 0 Å². The number of benzene rings is 1. The van der Waals surface area contributed by atoms with Crippen molar-refractivity contribution in [1.29, 1.82) is 0 Å². The molecule has 1 aromatic carbocycles. The average molecular weight is 278 g/mol. The van der Waals surface area contributed by atoms with Crippen molar-refractivity contribution in [2.75, 3.05) is 0 Å². The number of hydrogen-bond donors (Lipinski definition) is 0. The lowest BCUT2D eigenvalue weighted by atomic mass is 9.78. The largest absolute Gasteiger partial charge is 0.463 e. The summed E-state index contributed by atoms with van der Waals surface area (Å²) < 4.78 is 5.55. The molecule has 0 amide bonds. The van der Waals surface area contributed by atoms with Crippen molar-refractivity contribution >= 4 is 17.1 Å². The predicted octanol–water partition coefficient (Wildman–Crippen LogP) is 3.98. The molecule has 0 fully saturated rings. The van der Waals surface area contributed by atoms with Crippen LogP contribution in [0.4, 0.5) is 0 Å². The first kappa shape index (κ1) is 12.3. The van der Waals surface area contributed by atoms with Gasteiger partial charge < -0.3 is 4.42 Å². The van der Waals surface area contributed by atoms with Crippen LogP contribution in [-0.2, 0) is 6.42 Å². The molecule has 1 aromatic heterocycles. The number of carbonyl (C=O) groups excluding carboxylic acids is 2. The summed E-state index contributed by atoms with van der Waals surface area (Å²) in [5.41, 5.74) is 5.44. The van der Waals surface area contributed by atoms with E-state index in [2.05, 4.69) is 6.58 Å². The van der Waals surface area contributed by atoms with Crippen LogP contribution >= 0.6 is 0 Å². The molecule has 0 atom stereocenters. The Morgan fingerprint density at radius 3 is 2.57 bits per heavy atom. The molecule has 21 heavy (non-hydrogen) atoms. The number of hydrogen-bond acceptors (Lipinski definition) is 3. The van der Waals surface area contributed by atoms with Gasteiger partial charge in [-0.15, -0.1) is 0 Å². The molecule has 0 unspecified atom stereocenters. The second-order valence-corrected chi connectivity index (χ2v) is 5.75. The Morgan fingerprint density at radius 2 is 1.76 bits per heavy atom. The maximum Gasteiger partial charge on any atom is 0.237 e. The highest BCUT2D eigenvalue weighted by Crippen LogP contribution is 2.42. The zero-order valence-corrected chi connectivity index (χ0v) is 11.8. The van der Waals surface area contributed by atoms with Crippen LogP contribution in [0.2, 0.25) is 0 Å². The maximum atomic E-state index is 12.6. The molecule has 0 aliphatic heterocycles. The summed E-state index contributed by atoms with van der Waals surface area (Å²) in [7, 11) is 0. The van der Waals surface area contributed by atoms with E-state index in [1.165, 1.54) is 0 Å². The van der Waals surface area contributed by atoms with E-state index in [4.69, 9.17) is 4.42 Å². The van der Waals surface area contributed by atoms with Crippen molar-refractivity contribution in [2.24, 2.45) is 0 Å². The molecule has 0 radical (unpaired) electrons. The normalized spacial score (nSPS) is 16.5. The maximum absolute atomic E-state index is 12.6. The van der Waals surface area contributed by atoms with Gasteiger partial charge in [0.25, 0.3) is 0 Å². The summed E-state index contributed by atoms with van der Waals surface area (Å²) in [4.78, 5) is 25.0. The van der Waals surface area contributed by atoms with E-state index >= 15 is 0 Å². The number of ketones is 2. The van der Waals surface area contributed by atoms with Gasteiger partial charge in [-0.2, -0.15) is 0 Å². The fraction of sp³-hybridized carbons (Fsp3) is 0.222. The Hall–Kier alpha value is -2.42. The molecule has 0 saturated heterocycles. The molecule has 2 aliphatic carbocycles. The zero-order chi connectivity index (χ0) is 14.7. The van der Waals surface area contributed by atoms with Crippen molar-refractivity contribution in [3.63, 3.8) is 0 Å². The highest BCUT2D eigenvalue weighted by Gasteiger charge is 2.37. The number of carbonyl (C=O) groups is 2. The van der Waals surface area contributed by atoms with Crippen molar-refractivity contribution in [1.82, 2.24) is 0 Å². The molecule has 3 heteroatoms. The van der Waals surface area contributed by atoms with Gasteiger partial charge in [-0.1, -0.05) is 12.6 Å². The van der Waals surface area contributed by atoms with E-state index in [1.807, 2.05) is 12.1 Å². The molecule has 2 aromatic rings. The first-order chi connectivity index (χ1) is 10.1. The average Bonchev–Trinajstić information content (AvgIpc) is 2.86. The lowest BCUT2D eigenvalue weighted by Gasteiger charge is -2.24. The standard InChI is InChI=1S/C18H14O3/c1-9-4-3-5-12-11(9)6-7-13-15(12)17(20)16(19)14-10(2)8-21-18(13)14/h6-8H,1,3-5H2,2H3. The zero-order valence-electron chi connectivity index (χ0n) is 11.8. The van der Waals surface area contributed by atoms with Gasteiger partial charge in [0.15, 0.2) is 0 Å². The summed E-state index contributed by atoms with van der Waals surface area (Å²) in [6.45, 7) is 5.87. The summed E-state index contributed by atoms with van der Waals surface area (Å²) in [5, 5.41) is 0. The Kier molecular flexibility index (Phi) is 2.37. The van der Waals surface area contributed by atoms with Gasteiger partial charge in [0.2, 0.25) is 11.6 Å². The van der Waals surface area contributed by atoms with Gasteiger partial charge >= 0.3 is 0 Å². The van der Waals surface area contributed by atoms with Gasteiger partial charge in [0, 0.05) is 11.1 Å². The van der Waals surface area contributed by atoms with Crippen LogP contribution in [0, 0.1) is 6.92 Å². The SMILES string of the molecule is C=C1CCCc2c1ccc1c2C(=O)C(=O)c2c(C)coc2-1. The number of furan rings is 1. The van der Waals surface area contributed by atoms with Gasteiger partial charge in [-0.25, -0.2) is 0 Å². The molecule has 4 rings (SSSR count). The van der Waals surface area contributed by atoms with Crippen molar-refractivity contribution in [2.45, 2.75) is 26.2 Å². The monoisotopic (exact) mass is 278 g/mol. The second-order valence-electron chi connectivity index (χ2n) is 5.75. The molecule has 0 bridgehead atoms. The molecular weight excluding hydrogens is 264 g/mol. The van der Waals surface area contributed by atoms with E-state index in [0.717, 1.165) is 47.1 Å². The number of allylic oxidation sites excluding steroid dienone is 1. The van der Waals surface area contributed by atoms with Crippen LogP contribution in [-0.4, -0.2) is 11.6 Å². The van der Waals surface area contributed by atoms with Crippen molar-refractivity contribution < 1.29 is 14.0 Å². The van der Waals surface area contributed by atoms with E-state index < -0.39 is 11.6 Å². The predicted molar refractivity (Wildman–Crippen MR) is 79.5 cm³/mol. The lowest BCUT2D eigenvalue weighted by Crippen LogP contribution is -2.24. The lowest BCUT2D eigenvalue weighted by molar-refractivity contribution is 0.0813. The van der Waals surface area contributed by atoms with Gasteiger partial charge in [-0.3, -0.25) is 9.59 Å². The Bertz CT molecular complexity index is 836. The van der Waals surface area contributed by atoms with Crippen molar-refractivity contribution in [3.8, 4) is 11.3 Å². The molecule has 104 valence electrons. The van der Waals surface area contributed by atoms with E-state index in [-0.39, 0.29) is 0 Å². The fourth-order valence-corrected chi connectivity index (χ4v) is 3.45. The smallest absolute Gasteiger partial charge is 0.237 e.